The molecule has 35 heavy (non-hydrogen) atoms. The molecule has 2 rings (SSSR count). The van der Waals surface area contributed by atoms with Crippen LogP contribution < -0.4 is 21.1 Å². The lowest BCUT2D eigenvalue weighted by molar-refractivity contribution is -0.137. The average molecular weight is 558 g/mol. The number of aromatic nitrogens is 1. The number of hydrogen-bond acceptors (Lipinski definition) is 9. The highest BCUT2D eigenvalue weighted by molar-refractivity contribution is 7.95. The minimum Gasteiger partial charge on any atom is -0.330 e. The molecular formula is C20H30F3N5O4S3. The molecule has 0 fully saturated rings. The van der Waals surface area contributed by atoms with E-state index in [1.54, 1.807) is 0 Å². The minimum atomic E-state index is -4.65. The van der Waals surface area contributed by atoms with E-state index >= 15 is 0 Å². The third-order valence-electron chi connectivity index (χ3n) is 4.76. The van der Waals surface area contributed by atoms with Gasteiger partial charge in [-0.25, -0.2) is 26.5 Å². The molecular weight excluding hydrogens is 527 g/mol. The van der Waals surface area contributed by atoms with Gasteiger partial charge in [0.25, 0.3) is 0 Å². The smallest absolute Gasteiger partial charge is 0.330 e. The fraction of sp³-hybridized carbons (Fsp3) is 0.550. The summed E-state index contributed by atoms with van der Waals surface area (Å²) in [5.74, 6) is 0. The summed E-state index contributed by atoms with van der Waals surface area (Å²) in [6, 6.07) is 3.60. The van der Waals surface area contributed by atoms with Crippen molar-refractivity contribution in [2.24, 2.45) is 5.73 Å². The van der Waals surface area contributed by atoms with Gasteiger partial charge in [0.1, 0.15) is 8.42 Å². The molecule has 0 radical (unpaired) electrons. The number of sulfone groups is 1. The Morgan fingerprint density at radius 1 is 0.829 bits per heavy atom. The van der Waals surface area contributed by atoms with Crippen LogP contribution in [0.2, 0.25) is 0 Å². The van der Waals surface area contributed by atoms with Crippen LogP contribution in [0.25, 0.3) is 0 Å². The molecule has 0 aromatic carbocycles. The van der Waals surface area contributed by atoms with Crippen LogP contribution in [0.4, 0.5) is 13.2 Å². The Balaban J connectivity index is 1.79. The second kappa shape index (κ2) is 13.6. The molecule has 0 bridgehead atoms. The maximum Gasteiger partial charge on any atom is 0.417 e. The zero-order valence-electron chi connectivity index (χ0n) is 19.0. The summed E-state index contributed by atoms with van der Waals surface area (Å²) in [6.07, 6.45) is -0.721. The van der Waals surface area contributed by atoms with E-state index in [-0.39, 0.29) is 15.0 Å². The molecule has 198 valence electrons. The molecule has 0 atom stereocenters. The predicted molar refractivity (Wildman–Crippen MR) is 127 cm³/mol. The fourth-order valence-corrected chi connectivity index (χ4v) is 7.04. The van der Waals surface area contributed by atoms with Crippen LogP contribution in [0.1, 0.15) is 31.2 Å². The van der Waals surface area contributed by atoms with E-state index in [0.717, 1.165) is 57.1 Å². The van der Waals surface area contributed by atoms with E-state index in [9.17, 15) is 30.0 Å². The van der Waals surface area contributed by atoms with Crippen LogP contribution >= 0.6 is 11.3 Å². The lowest BCUT2D eigenvalue weighted by atomic mass is 10.3. The van der Waals surface area contributed by atoms with Gasteiger partial charge in [0.2, 0.25) is 19.9 Å². The summed E-state index contributed by atoms with van der Waals surface area (Å²) >= 11 is 0.506. The van der Waals surface area contributed by atoms with Gasteiger partial charge >= 0.3 is 6.18 Å². The summed E-state index contributed by atoms with van der Waals surface area (Å²) in [6.45, 7) is 4.10. The standard InChI is InChI=1S/C20H30F3N5O4S3/c21-20(22,23)16-5-6-17(27-15-16)34(29,30)18-7-8-19(33-18)35(31,32)28-14-4-13-26-11-2-1-10-25-12-3-9-24/h5-8,15,25-26,28H,1-4,9-14,24H2. The molecule has 0 saturated carbocycles. The zero-order valence-corrected chi connectivity index (χ0v) is 21.4. The van der Waals surface area contributed by atoms with Crippen molar-refractivity contribution in [3.8, 4) is 0 Å². The van der Waals surface area contributed by atoms with Crippen LogP contribution in [0.5, 0.6) is 0 Å². The van der Waals surface area contributed by atoms with Gasteiger partial charge in [-0.1, -0.05) is 0 Å². The maximum absolute atomic E-state index is 12.7. The number of alkyl halides is 3. The summed E-state index contributed by atoms with van der Waals surface area (Å²) in [5.41, 5.74) is 4.33. The Hall–Kier alpha value is -1.62. The second-order valence-corrected chi connectivity index (χ2v) is 12.8. The topological polar surface area (TPSA) is 143 Å². The fourth-order valence-electron chi connectivity index (χ4n) is 2.87. The first kappa shape index (κ1) is 29.6. The Morgan fingerprint density at radius 2 is 1.43 bits per heavy atom. The highest BCUT2D eigenvalue weighted by atomic mass is 32.3. The normalized spacial score (nSPS) is 12.8. The highest BCUT2D eigenvalue weighted by Gasteiger charge is 2.32. The first-order chi connectivity index (χ1) is 16.5. The minimum absolute atomic E-state index is 0.163. The van der Waals surface area contributed by atoms with Gasteiger partial charge in [0.15, 0.2) is 5.03 Å². The molecule has 0 saturated heterocycles. The number of halogens is 3. The lowest BCUT2D eigenvalue weighted by Crippen LogP contribution is -2.27. The first-order valence-electron chi connectivity index (χ1n) is 11.0. The third kappa shape index (κ3) is 9.40. The number of nitrogens with one attached hydrogen (secondary N) is 3. The van der Waals surface area contributed by atoms with Crippen molar-refractivity contribution in [2.75, 3.05) is 39.3 Å². The molecule has 2 aromatic rings. The van der Waals surface area contributed by atoms with E-state index in [1.165, 1.54) is 0 Å². The second-order valence-electron chi connectivity index (χ2n) is 7.56. The first-order valence-corrected chi connectivity index (χ1v) is 14.8. The highest BCUT2D eigenvalue weighted by Crippen LogP contribution is 2.32. The summed E-state index contributed by atoms with van der Waals surface area (Å²) in [5, 5.41) is 5.93. The van der Waals surface area contributed by atoms with E-state index in [1.807, 2.05) is 0 Å². The molecule has 0 aliphatic heterocycles. The van der Waals surface area contributed by atoms with Crippen LogP contribution in [-0.4, -0.2) is 61.1 Å². The number of thiophene rings is 1. The quantitative estimate of drug-likeness (QED) is 0.230. The average Bonchev–Trinajstić information content (AvgIpc) is 3.32. The molecule has 9 nitrogen and oxygen atoms in total. The number of unbranched alkanes of at least 4 members (excludes halogenated alkanes) is 1. The summed E-state index contributed by atoms with van der Waals surface area (Å²) < 4.78 is 90.1. The Kier molecular flexibility index (Phi) is 11.5. The molecule has 5 N–H and O–H groups in total. The van der Waals surface area contributed by atoms with Gasteiger partial charge in [-0.15, -0.1) is 11.3 Å². The molecule has 0 amide bonds. The summed E-state index contributed by atoms with van der Waals surface area (Å²) in [4.78, 5) is 3.40. The van der Waals surface area contributed by atoms with E-state index in [4.69, 9.17) is 5.73 Å². The number of hydrogen-bond donors (Lipinski definition) is 4. The van der Waals surface area contributed by atoms with Crippen molar-refractivity contribution < 1.29 is 30.0 Å². The Labute approximate surface area is 207 Å². The van der Waals surface area contributed by atoms with Gasteiger partial charge in [-0.05, 0) is 82.7 Å². The van der Waals surface area contributed by atoms with Crippen LogP contribution in [0, 0.1) is 0 Å². The predicted octanol–water partition coefficient (Wildman–Crippen LogP) is 1.97. The van der Waals surface area contributed by atoms with Gasteiger partial charge in [0.05, 0.1) is 5.56 Å². The SMILES string of the molecule is NCCCNCCCCNCCCNS(=O)(=O)c1ccc(S(=O)(=O)c2ccc(C(F)(F)F)cn2)s1. The van der Waals surface area contributed by atoms with Crippen LogP contribution in [0.15, 0.2) is 43.9 Å². The van der Waals surface area contributed by atoms with Gasteiger partial charge in [-0.2, -0.15) is 13.2 Å². The molecule has 2 heterocycles. The van der Waals surface area contributed by atoms with Crippen molar-refractivity contribution in [3.63, 3.8) is 0 Å². The number of nitrogens with zero attached hydrogens (tertiary/aromatic N) is 1. The van der Waals surface area contributed by atoms with Crippen LogP contribution in [-0.2, 0) is 26.0 Å². The van der Waals surface area contributed by atoms with Crippen molar-refractivity contribution in [1.82, 2.24) is 20.3 Å². The molecule has 0 aliphatic carbocycles. The zero-order chi connectivity index (χ0) is 26.0. The number of nitrogens with two attached hydrogens (primary N) is 1. The van der Waals surface area contributed by atoms with Gasteiger partial charge < -0.3 is 16.4 Å². The van der Waals surface area contributed by atoms with Gasteiger partial charge in [0, 0.05) is 12.7 Å². The van der Waals surface area contributed by atoms with Gasteiger partial charge in [-0.3, -0.25) is 0 Å². The van der Waals surface area contributed by atoms with E-state index in [0.29, 0.717) is 43.1 Å². The Morgan fingerprint density at radius 3 is 2.00 bits per heavy atom. The third-order valence-corrected chi connectivity index (χ3v) is 9.96. The number of pyridine rings is 1. The summed E-state index contributed by atoms with van der Waals surface area (Å²) in [7, 11) is -8.19. The number of rotatable bonds is 16. The van der Waals surface area contributed by atoms with Crippen molar-refractivity contribution >= 4 is 31.2 Å². The van der Waals surface area contributed by atoms with Crippen molar-refractivity contribution in [2.45, 2.75) is 45.3 Å². The van der Waals surface area contributed by atoms with Crippen molar-refractivity contribution in [3.05, 3.63) is 36.0 Å². The van der Waals surface area contributed by atoms with Crippen molar-refractivity contribution in [1.29, 1.82) is 0 Å². The maximum atomic E-state index is 12.7. The van der Waals surface area contributed by atoms with E-state index in [2.05, 4.69) is 20.3 Å². The molecule has 0 unspecified atom stereocenters. The molecule has 15 heteroatoms. The molecule has 0 spiro atoms. The Bertz CT molecular complexity index is 1120. The molecule has 0 aliphatic rings. The molecule has 2 aromatic heterocycles. The monoisotopic (exact) mass is 557 g/mol. The lowest BCUT2D eigenvalue weighted by Gasteiger charge is -2.07. The van der Waals surface area contributed by atoms with E-state index < -0.39 is 36.6 Å². The largest absolute Gasteiger partial charge is 0.417 e. The van der Waals surface area contributed by atoms with Crippen LogP contribution in [0.3, 0.4) is 0 Å². The number of sulfonamides is 1.